The molecule has 0 aliphatic heterocycles. The summed E-state index contributed by atoms with van der Waals surface area (Å²) in [5.41, 5.74) is 11.0. The molecule has 0 amide bonds. The number of nitriles is 1. The van der Waals surface area contributed by atoms with E-state index in [1.54, 1.807) is 12.1 Å². The van der Waals surface area contributed by atoms with Crippen LogP contribution in [0.25, 0.3) is 0 Å². The number of aryl methyl sites for hydroxylation is 2. The normalized spacial score (nSPS) is 9.83. The lowest BCUT2D eigenvalue weighted by Crippen LogP contribution is -1.96. The Hall–Kier alpha value is -2.47. The second-order valence-corrected chi connectivity index (χ2v) is 4.36. The Balaban J connectivity index is 2.34. The van der Waals surface area contributed by atoms with Gasteiger partial charge in [0, 0.05) is 17.1 Å². The Morgan fingerprint density at radius 2 is 1.89 bits per heavy atom. The van der Waals surface area contributed by atoms with Crippen molar-refractivity contribution in [1.82, 2.24) is 0 Å². The maximum absolute atomic E-state index is 8.95. The summed E-state index contributed by atoms with van der Waals surface area (Å²) in [6, 6.07) is 13.7. The van der Waals surface area contributed by atoms with E-state index in [0.29, 0.717) is 11.3 Å². The zero-order valence-corrected chi connectivity index (χ0v) is 10.5. The molecule has 0 aromatic heterocycles. The van der Waals surface area contributed by atoms with E-state index in [2.05, 4.69) is 29.6 Å². The van der Waals surface area contributed by atoms with Gasteiger partial charge in [-0.25, -0.2) is 0 Å². The van der Waals surface area contributed by atoms with Gasteiger partial charge in [0.05, 0.1) is 5.56 Å². The first-order valence-electron chi connectivity index (χ1n) is 5.74. The molecule has 2 aromatic rings. The van der Waals surface area contributed by atoms with Gasteiger partial charge in [0.25, 0.3) is 0 Å². The molecule has 0 saturated carbocycles. The third kappa shape index (κ3) is 2.44. The molecule has 0 aliphatic rings. The van der Waals surface area contributed by atoms with Crippen molar-refractivity contribution in [2.24, 2.45) is 0 Å². The first-order valence-corrected chi connectivity index (χ1v) is 5.74. The van der Waals surface area contributed by atoms with E-state index in [1.807, 2.05) is 19.9 Å². The quantitative estimate of drug-likeness (QED) is 0.786. The average molecular weight is 237 g/mol. The van der Waals surface area contributed by atoms with E-state index in [4.69, 9.17) is 11.0 Å². The minimum Gasteiger partial charge on any atom is -0.398 e. The fraction of sp³-hybridized carbons (Fsp3) is 0.133. The molecule has 3 heteroatoms. The van der Waals surface area contributed by atoms with E-state index in [-0.39, 0.29) is 0 Å². The highest BCUT2D eigenvalue weighted by molar-refractivity contribution is 5.68. The third-order valence-electron chi connectivity index (χ3n) is 2.85. The third-order valence-corrected chi connectivity index (χ3v) is 2.85. The number of nitrogen functional groups attached to an aromatic ring is 1. The molecule has 0 bridgehead atoms. The van der Waals surface area contributed by atoms with Crippen molar-refractivity contribution in [3.63, 3.8) is 0 Å². The van der Waals surface area contributed by atoms with E-state index in [0.717, 1.165) is 16.9 Å². The molecule has 0 aliphatic carbocycles. The smallest absolute Gasteiger partial charge is 0.101 e. The highest BCUT2D eigenvalue weighted by atomic mass is 14.9. The molecule has 0 fully saturated rings. The van der Waals surface area contributed by atoms with Gasteiger partial charge < -0.3 is 11.1 Å². The molecule has 3 N–H and O–H groups in total. The van der Waals surface area contributed by atoms with Crippen molar-refractivity contribution in [3.8, 4) is 6.07 Å². The topological polar surface area (TPSA) is 61.8 Å². The van der Waals surface area contributed by atoms with Crippen LogP contribution in [-0.2, 0) is 0 Å². The maximum Gasteiger partial charge on any atom is 0.101 e. The molecule has 0 heterocycles. The SMILES string of the molecule is Cc1ccc(C)c(Nc2ccc(N)c(C#N)c2)c1. The zero-order chi connectivity index (χ0) is 13.1. The van der Waals surface area contributed by atoms with Crippen molar-refractivity contribution < 1.29 is 0 Å². The lowest BCUT2D eigenvalue weighted by Gasteiger charge is -2.11. The highest BCUT2D eigenvalue weighted by Gasteiger charge is 2.03. The minimum atomic E-state index is 0.491. The molecule has 0 unspecified atom stereocenters. The maximum atomic E-state index is 8.95. The predicted octanol–water partition coefficient (Wildman–Crippen LogP) is 3.50. The van der Waals surface area contributed by atoms with E-state index >= 15 is 0 Å². The summed E-state index contributed by atoms with van der Waals surface area (Å²) in [5.74, 6) is 0. The van der Waals surface area contributed by atoms with Gasteiger partial charge in [-0.3, -0.25) is 0 Å². The highest BCUT2D eigenvalue weighted by Crippen LogP contribution is 2.24. The first kappa shape index (κ1) is 12.0. The first-order chi connectivity index (χ1) is 8.60. The van der Waals surface area contributed by atoms with Crippen LogP contribution in [0.2, 0.25) is 0 Å². The lowest BCUT2D eigenvalue weighted by atomic mass is 10.1. The van der Waals surface area contributed by atoms with Crippen molar-refractivity contribution in [2.45, 2.75) is 13.8 Å². The Labute approximate surface area is 107 Å². The average Bonchev–Trinajstić information content (AvgIpc) is 2.36. The van der Waals surface area contributed by atoms with Crippen LogP contribution in [0.3, 0.4) is 0 Å². The van der Waals surface area contributed by atoms with Gasteiger partial charge in [-0.15, -0.1) is 0 Å². The number of anilines is 3. The molecule has 90 valence electrons. The number of rotatable bonds is 2. The van der Waals surface area contributed by atoms with Crippen LogP contribution in [0.15, 0.2) is 36.4 Å². The fourth-order valence-corrected chi connectivity index (χ4v) is 1.76. The van der Waals surface area contributed by atoms with Crippen LogP contribution in [0.1, 0.15) is 16.7 Å². The minimum absolute atomic E-state index is 0.491. The molecular formula is C15H15N3. The molecule has 0 saturated heterocycles. The lowest BCUT2D eigenvalue weighted by molar-refractivity contribution is 1.37. The van der Waals surface area contributed by atoms with Crippen LogP contribution in [0, 0.1) is 25.2 Å². The molecule has 18 heavy (non-hydrogen) atoms. The molecule has 0 spiro atoms. The Bertz CT molecular complexity index is 624. The predicted molar refractivity (Wildman–Crippen MR) is 74.8 cm³/mol. The number of benzene rings is 2. The second kappa shape index (κ2) is 4.80. The molecule has 2 rings (SSSR count). The van der Waals surface area contributed by atoms with Crippen LogP contribution < -0.4 is 11.1 Å². The molecule has 3 nitrogen and oxygen atoms in total. The summed E-state index contributed by atoms with van der Waals surface area (Å²) in [5, 5.41) is 12.3. The van der Waals surface area contributed by atoms with Gasteiger partial charge in [-0.1, -0.05) is 12.1 Å². The number of hydrogen-bond donors (Lipinski definition) is 2. The van der Waals surface area contributed by atoms with Crippen molar-refractivity contribution in [1.29, 1.82) is 5.26 Å². The monoisotopic (exact) mass is 237 g/mol. The van der Waals surface area contributed by atoms with E-state index in [1.165, 1.54) is 5.56 Å². The van der Waals surface area contributed by atoms with Gasteiger partial charge >= 0.3 is 0 Å². The summed E-state index contributed by atoms with van der Waals surface area (Å²) in [7, 11) is 0. The number of nitrogens with two attached hydrogens (primary N) is 1. The summed E-state index contributed by atoms with van der Waals surface area (Å²) in [6.07, 6.45) is 0. The Morgan fingerprint density at radius 3 is 2.61 bits per heavy atom. The van der Waals surface area contributed by atoms with Crippen LogP contribution in [-0.4, -0.2) is 0 Å². The fourth-order valence-electron chi connectivity index (χ4n) is 1.76. The largest absolute Gasteiger partial charge is 0.398 e. The molecule has 0 atom stereocenters. The summed E-state index contributed by atoms with van der Waals surface area (Å²) in [6.45, 7) is 4.10. The number of nitrogens with one attached hydrogen (secondary N) is 1. The van der Waals surface area contributed by atoms with Gasteiger partial charge in [-0.05, 0) is 49.2 Å². The number of hydrogen-bond acceptors (Lipinski definition) is 3. The van der Waals surface area contributed by atoms with Crippen molar-refractivity contribution >= 4 is 17.1 Å². The van der Waals surface area contributed by atoms with Crippen molar-refractivity contribution in [3.05, 3.63) is 53.1 Å². The molecule has 0 radical (unpaired) electrons. The summed E-state index contributed by atoms with van der Waals surface area (Å²) >= 11 is 0. The molecular weight excluding hydrogens is 222 g/mol. The van der Waals surface area contributed by atoms with Gasteiger partial charge in [0.2, 0.25) is 0 Å². The van der Waals surface area contributed by atoms with Crippen LogP contribution in [0.4, 0.5) is 17.1 Å². The van der Waals surface area contributed by atoms with Gasteiger partial charge in [0.1, 0.15) is 6.07 Å². The summed E-state index contributed by atoms with van der Waals surface area (Å²) < 4.78 is 0. The Kier molecular flexibility index (Phi) is 3.20. The van der Waals surface area contributed by atoms with E-state index in [9.17, 15) is 0 Å². The van der Waals surface area contributed by atoms with Gasteiger partial charge in [-0.2, -0.15) is 5.26 Å². The number of nitrogens with zero attached hydrogens (tertiary/aromatic N) is 1. The van der Waals surface area contributed by atoms with Crippen LogP contribution in [0.5, 0.6) is 0 Å². The van der Waals surface area contributed by atoms with E-state index < -0.39 is 0 Å². The summed E-state index contributed by atoms with van der Waals surface area (Å²) in [4.78, 5) is 0. The standard InChI is InChI=1S/C15H15N3/c1-10-3-4-11(2)15(7-10)18-13-5-6-14(17)12(8-13)9-16/h3-8,18H,17H2,1-2H3. The van der Waals surface area contributed by atoms with Crippen molar-refractivity contribution in [2.75, 3.05) is 11.1 Å². The van der Waals surface area contributed by atoms with Crippen LogP contribution >= 0.6 is 0 Å². The van der Waals surface area contributed by atoms with Gasteiger partial charge in [0.15, 0.2) is 0 Å². The second-order valence-electron chi connectivity index (χ2n) is 4.36. The zero-order valence-electron chi connectivity index (χ0n) is 10.5. The molecule has 2 aromatic carbocycles. The Morgan fingerprint density at radius 1 is 1.11 bits per heavy atom.